The van der Waals surface area contributed by atoms with Gasteiger partial charge < -0.3 is 15.4 Å². The molecule has 0 bridgehead atoms. The van der Waals surface area contributed by atoms with Gasteiger partial charge in [-0.3, -0.25) is 4.79 Å². The summed E-state index contributed by atoms with van der Waals surface area (Å²) in [5.41, 5.74) is 5.90. The SMILES string of the molecule is COCCN(C(=O)[C@H](N)CC(C)C)C(C)C. The zero-order valence-electron chi connectivity index (χ0n) is 11.2. The smallest absolute Gasteiger partial charge is 0.239 e. The van der Waals surface area contributed by atoms with Crippen LogP contribution in [-0.4, -0.2) is 43.2 Å². The lowest BCUT2D eigenvalue weighted by Gasteiger charge is -2.29. The zero-order chi connectivity index (χ0) is 12.7. The third kappa shape index (κ3) is 5.47. The summed E-state index contributed by atoms with van der Waals surface area (Å²) in [6.07, 6.45) is 0.731. The molecule has 0 unspecified atom stereocenters. The molecule has 0 aromatic rings. The lowest BCUT2D eigenvalue weighted by atomic mass is 10.0. The summed E-state index contributed by atoms with van der Waals surface area (Å²) in [5.74, 6) is 0.469. The number of methoxy groups -OCH3 is 1. The highest BCUT2D eigenvalue weighted by Crippen LogP contribution is 2.08. The highest BCUT2D eigenvalue weighted by atomic mass is 16.5. The van der Waals surface area contributed by atoms with E-state index in [0.717, 1.165) is 6.42 Å². The van der Waals surface area contributed by atoms with Gasteiger partial charge in [0.25, 0.3) is 0 Å². The van der Waals surface area contributed by atoms with Crippen molar-refractivity contribution in [2.75, 3.05) is 20.3 Å². The number of rotatable bonds is 7. The Hall–Kier alpha value is -0.610. The van der Waals surface area contributed by atoms with E-state index in [0.29, 0.717) is 19.1 Å². The second-order valence-electron chi connectivity index (χ2n) is 4.85. The predicted octanol–water partition coefficient (Wildman–Crippen LogP) is 1.24. The van der Waals surface area contributed by atoms with Crippen molar-refractivity contribution >= 4 is 5.91 Å². The molecule has 0 rings (SSSR count). The molecule has 0 heterocycles. The number of hydrogen-bond donors (Lipinski definition) is 1. The average molecular weight is 230 g/mol. The van der Waals surface area contributed by atoms with E-state index >= 15 is 0 Å². The standard InChI is InChI=1S/C12H26N2O2/c1-9(2)8-11(13)12(15)14(10(3)4)6-7-16-5/h9-11H,6-8,13H2,1-5H3/t11-/m1/s1. The summed E-state index contributed by atoms with van der Waals surface area (Å²) in [4.78, 5) is 13.9. The van der Waals surface area contributed by atoms with Crippen LogP contribution in [0.4, 0.5) is 0 Å². The maximum absolute atomic E-state index is 12.1. The van der Waals surface area contributed by atoms with Gasteiger partial charge in [0, 0.05) is 19.7 Å². The molecule has 1 atom stereocenters. The molecule has 96 valence electrons. The molecule has 0 saturated carbocycles. The van der Waals surface area contributed by atoms with Crippen molar-refractivity contribution in [2.45, 2.75) is 46.2 Å². The summed E-state index contributed by atoms with van der Waals surface area (Å²) in [5, 5.41) is 0. The topological polar surface area (TPSA) is 55.6 Å². The van der Waals surface area contributed by atoms with Gasteiger partial charge in [-0.1, -0.05) is 13.8 Å². The molecule has 0 spiro atoms. The van der Waals surface area contributed by atoms with Gasteiger partial charge >= 0.3 is 0 Å². The first kappa shape index (κ1) is 15.4. The molecule has 0 aliphatic carbocycles. The van der Waals surface area contributed by atoms with Crippen molar-refractivity contribution in [1.29, 1.82) is 0 Å². The Morgan fingerprint density at radius 1 is 1.31 bits per heavy atom. The van der Waals surface area contributed by atoms with Crippen molar-refractivity contribution in [1.82, 2.24) is 4.90 Å². The van der Waals surface area contributed by atoms with E-state index in [1.165, 1.54) is 0 Å². The van der Waals surface area contributed by atoms with E-state index < -0.39 is 0 Å². The number of hydrogen-bond acceptors (Lipinski definition) is 3. The predicted molar refractivity (Wildman–Crippen MR) is 66.2 cm³/mol. The molecule has 0 aliphatic rings. The molecule has 1 amide bonds. The molecule has 4 nitrogen and oxygen atoms in total. The summed E-state index contributed by atoms with van der Waals surface area (Å²) in [7, 11) is 1.64. The third-order valence-corrected chi connectivity index (χ3v) is 2.49. The summed E-state index contributed by atoms with van der Waals surface area (Å²) in [6.45, 7) is 9.30. The van der Waals surface area contributed by atoms with E-state index in [-0.39, 0.29) is 18.0 Å². The van der Waals surface area contributed by atoms with Crippen LogP contribution in [0.3, 0.4) is 0 Å². The van der Waals surface area contributed by atoms with E-state index in [1.54, 1.807) is 12.0 Å². The third-order valence-electron chi connectivity index (χ3n) is 2.49. The van der Waals surface area contributed by atoms with Gasteiger partial charge in [0.1, 0.15) is 0 Å². The van der Waals surface area contributed by atoms with E-state index in [1.807, 2.05) is 13.8 Å². The van der Waals surface area contributed by atoms with Crippen molar-refractivity contribution in [3.05, 3.63) is 0 Å². The monoisotopic (exact) mass is 230 g/mol. The second-order valence-corrected chi connectivity index (χ2v) is 4.85. The Kier molecular flexibility index (Phi) is 7.34. The van der Waals surface area contributed by atoms with Crippen molar-refractivity contribution in [2.24, 2.45) is 11.7 Å². The van der Waals surface area contributed by atoms with Gasteiger partial charge in [0.2, 0.25) is 5.91 Å². The molecule has 2 N–H and O–H groups in total. The zero-order valence-corrected chi connectivity index (χ0v) is 11.2. The number of amides is 1. The maximum Gasteiger partial charge on any atom is 0.239 e. The maximum atomic E-state index is 12.1. The average Bonchev–Trinajstić information content (AvgIpc) is 2.16. The number of carbonyl (C=O) groups is 1. The highest BCUT2D eigenvalue weighted by molar-refractivity contribution is 5.81. The first-order valence-corrected chi connectivity index (χ1v) is 5.95. The van der Waals surface area contributed by atoms with Gasteiger partial charge in [-0.25, -0.2) is 0 Å². The lowest BCUT2D eigenvalue weighted by molar-refractivity contribution is -0.135. The molecule has 0 fully saturated rings. The number of ether oxygens (including phenoxy) is 1. The number of carbonyl (C=O) groups excluding carboxylic acids is 1. The van der Waals surface area contributed by atoms with Crippen LogP contribution in [0.15, 0.2) is 0 Å². The van der Waals surface area contributed by atoms with E-state index in [4.69, 9.17) is 10.5 Å². The van der Waals surface area contributed by atoms with Gasteiger partial charge in [-0.15, -0.1) is 0 Å². The minimum Gasteiger partial charge on any atom is -0.383 e. The van der Waals surface area contributed by atoms with Gasteiger partial charge in [0.05, 0.1) is 12.6 Å². The van der Waals surface area contributed by atoms with Crippen LogP contribution in [0.2, 0.25) is 0 Å². The Bertz CT molecular complexity index is 205. The van der Waals surface area contributed by atoms with Gasteiger partial charge in [-0.2, -0.15) is 0 Å². The van der Waals surface area contributed by atoms with Crippen LogP contribution in [-0.2, 0) is 9.53 Å². The normalized spacial score (nSPS) is 13.2. The second kappa shape index (κ2) is 7.63. The number of nitrogens with zero attached hydrogens (tertiary/aromatic N) is 1. The molecule has 0 aromatic heterocycles. The summed E-state index contributed by atoms with van der Waals surface area (Å²) < 4.78 is 5.00. The Morgan fingerprint density at radius 3 is 2.25 bits per heavy atom. The molecule has 16 heavy (non-hydrogen) atoms. The summed E-state index contributed by atoms with van der Waals surface area (Å²) in [6, 6.07) is -0.222. The summed E-state index contributed by atoms with van der Waals surface area (Å²) >= 11 is 0. The van der Waals surface area contributed by atoms with Crippen LogP contribution >= 0.6 is 0 Å². The Morgan fingerprint density at radius 2 is 1.88 bits per heavy atom. The molecule has 4 heteroatoms. The molecule has 0 radical (unpaired) electrons. The quantitative estimate of drug-likeness (QED) is 0.716. The Balaban J connectivity index is 4.36. The molecular formula is C12H26N2O2. The fourth-order valence-electron chi connectivity index (χ4n) is 1.63. The largest absolute Gasteiger partial charge is 0.383 e. The van der Waals surface area contributed by atoms with Crippen LogP contribution in [0.1, 0.15) is 34.1 Å². The first-order valence-electron chi connectivity index (χ1n) is 5.95. The van der Waals surface area contributed by atoms with Crippen molar-refractivity contribution in [3.63, 3.8) is 0 Å². The molecule has 0 aliphatic heterocycles. The van der Waals surface area contributed by atoms with Crippen LogP contribution in [0, 0.1) is 5.92 Å². The highest BCUT2D eigenvalue weighted by Gasteiger charge is 2.23. The number of nitrogens with two attached hydrogens (primary N) is 1. The lowest BCUT2D eigenvalue weighted by Crippen LogP contribution is -2.48. The van der Waals surface area contributed by atoms with Crippen molar-refractivity contribution < 1.29 is 9.53 Å². The Labute approximate surface area is 99.1 Å². The molecule has 0 saturated heterocycles. The van der Waals surface area contributed by atoms with Gasteiger partial charge in [-0.05, 0) is 26.2 Å². The molecular weight excluding hydrogens is 204 g/mol. The fraction of sp³-hybridized carbons (Fsp3) is 0.917. The van der Waals surface area contributed by atoms with Crippen LogP contribution in [0.25, 0.3) is 0 Å². The molecule has 0 aromatic carbocycles. The first-order chi connectivity index (χ1) is 7.40. The van der Waals surface area contributed by atoms with Crippen LogP contribution in [0.5, 0.6) is 0 Å². The van der Waals surface area contributed by atoms with E-state index in [9.17, 15) is 4.79 Å². The minimum absolute atomic E-state index is 0.0285. The van der Waals surface area contributed by atoms with E-state index in [2.05, 4.69) is 13.8 Å². The van der Waals surface area contributed by atoms with Gasteiger partial charge in [0.15, 0.2) is 0 Å². The van der Waals surface area contributed by atoms with Crippen molar-refractivity contribution in [3.8, 4) is 0 Å². The van der Waals surface area contributed by atoms with Crippen LogP contribution < -0.4 is 5.73 Å². The minimum atomic E-state index is -0.390. The fourth-order valence-corrected chi connectivity index (χ4v) is 1.63.